The van der Waals surface area contributed by atoms with E-state index in [-0.39, 0.29) is 0 Å². The van der Waals surface area contributed by atoms with E-state index in [1.54, 1.807) is 0 Å². The zero-order valence-corrected chi connectivity index (χ0v) is 13.1. The van der Waals surface area contributed by atoms with Gasteiger partial charge in [0.25, 0.3) is 0 Å². The molecule has 1 atom stereocenters. The van der Waals surface area contributed by atoms with Gasteiger partial charge in [0.2, 0.25) is 0 Å². The molecule has 1 aliphatic carbocycles. The summed E-state index contributed by atoms with van der Waals surface area (Å²) in [5.74, 6) is 3.02. The third-order valence-corrected chi connectivity index (χ3v) is 4.53. The first-order valence-corrected chi connectivity index (χ1v) is 7.75. The molecule has 0 aliphatic heterocycles. The molecule has 3 nitrogen and oxygen atoms in total. The molecule has 0 aromatic carbocycles. The summed E-state index contributed by atoms with van der Waals surface area (Å²) in [7, 11) is 0. The van der Waals surface area contributed by atoms with Gasteiger partial charge in [-0.1, -0.05) is 38.3 Å². The largest absolute Gasteiger partial charge is 0.367 e. The SMILES string of the molecule is CCC(CC)C(C)Nc1nc(C2CC2)nc(Cl)c1C. The van der Waals surface area contributed by atoms with E-state index in [9.17, 15) is 0 Å². The normalized spacial score (nSPS) is 16.7. The molecule has 0 amide bonds. The summed E-state index contributed by atoms with van der Waals surface area (Å²) in [6, 6.07) is 0.409. The van der Waals surface area contributed by atoms with Gasteiger partial charge in [-0.2, -0.15) is 0 Å². The van der Waals surface area contributed by atoms with Crippen molar-refractivity contribution < 1.29 is 0 Å². The molecule has 0 radical (unpaired) electrons. The van der Waals surface area contributed by atoms with E-state index >= 15 is 0 Å². The van der Waals surface area contributed by atoms with Crippen LogP contribution in [-0.2, 0) is 0 Å². The maximum atomic E-state index is 6.23. The molecule has 1 N–H and O–H groups in total. The highest BCUT2D eigenvalue weighted by Crippen LogP contribution is 2.39. The summed E-state index contributed by atoms with van der Waals surface area (Å²) < 4.78 is 0. The van der Waals surface area contributed by atoms with E-state index in [1.807, 2.05) is 6.92 Å². The quantitative estimate of drug-likeness (QED) is 0.777. The molecule has 106 valence electrons. The lowest BCUT2D eigenvalue weighted by Gasteiger charge is -2.24. The van der Waals surface area contributed by atoms with Gasteiger partial charge in [-0.3, -0.25) is 0 Å². The van der Waals surface area contributed by atoms with Gasteiger partial charge in [-0.25, -0.2) is 9.97 Å². The highest BCUT2D eigenvalue weighted by molar-refractivity contribution is 6.30. The molecule has 2 rings (SSSR count). The second-order valence-electron chi connectivity index (χ2n) is 5.63. The van der Waals surface area contributed by atoms with Crippen LogP contribution in [-0.4, -0.2) is 16.0 Å². The second-order valence-corrected chi connectivity index (χ2v) is 5.99. The molecule has 1 heterocycles. The molecule has 1 fully saturated rings. The fraction of sp³-hybridized carbons (Fsp3) is 0.733. The minimum absolute atomic E-state index is 0.409. The smallest absolute Gasteiger partial charge is 0.137 e. The van der Waals surface area contributed by atoms with Crippen LogP contribution in [0, 0.1) is 12.8 Å². The third-order valence-electron chi connectivity index (χ3n) is 4.17. The molecule has 1 unspecified atom stereocenters. The summed E-state index contributed by atoms with van der Waals surface area (Å²) in [6.07, 6.45) is 4.75. The van der Waals surface area contributed by atoms with E-state index in [0.29, 0.717) is 23.0 Å². The van der Waals surface area contributed by atoms with Crippen molar-refractivity contribution in [1.82, 2.24) is 9.97 Å². The molecule has 0 spiro atoms. The molecular weight excluding hydrogens is 258 g/mol. The fourth-order valence-electron chi connectivity index (χ4n) is 2.50. The van der Waals surface area contributed by atoms with E-state index in [0.717, 1.165) is 17.2 Å². The van der Waals surface area contributed by atoms with Crippen molar-refractivity contribution in [2.45, 2.75) is 65.3 Å². The highest BCUT2D eigenvalue weighted by atomic mass is 35.5. The first-order valence-electron chi connectivity index (χ1n) is 7.37. The van der Waals surface area contributed by atoms with Crippen molar-refractivity contribution in [1.29, 1.82) is 0 Å². The summed E-state index contributed by atoms with van der Waals surface area (Å²) in [5.41, 5.74) is 0.962. The standard InChI is InChI=1S/C15H24ClN3/c1-5-11(6-2)10(4)17-14-9(3)13(16)18-15(19-14)12-7-8-12/h10-12H,5-8H2,1-4H3,(H,17,18,19). The Labute approximate surface area is 121 Å². The summed E-state index contributed by atoms with van der Waals surface area (Å²) >= 11 is 6.23. The molecule has 1 aliphatic rings. The second kappa shape index (κ2) is 6.08. The number of hydrogen-bond donors (Lipinski definition) is 1. The van der Waals surface area contributed by atoms with Crippen LogP contribution in [0.4, 0.5) is 5.82 Å². The van der Waals surface area contributed by atoms with Crippen LogP contribution < -0.4 is 5.32 Å². The van der Waals surface area contributed by atoms with Crippen LogP contribution in [0.1, 0.15) is 63.8 Å². The number of rotatable bonds is 6. The predicted molar refractivity (Wildman–Crippen MR) is 80.9 cm³/mol. The first-order chi connectivity index (χ1) is 9.06. The van der Waals surface area contributed by atoms with Gasteiger partial charge in [0.1, 0.15) is 16.8 Å². The predicted octanol–water partition coefficient (Wildman–Crippen LogP) is 4.55. The van der Waals surface area contributed by atoms with E-state index < -0.39 is 0 Å². The van der Waals surface area contributed by atoms with Gasteiger partial charge in [0.15, 0.2) is 0 Å². The van der Waals surface area contributed by atoms with Crippen LogP contribution >= 0.6 is 11.6 Å². The summed E-state index contributed by atoms with van der Waals surface area (Å²) in [4.78, 5) is 9.08. The van der Waals surface area contributed by atoms with E-state index in [2.05, 4.69) is 36.1 Å². The Balaban J connectivity index is 2.18. The number of nitrogens with zero attached hydrogens (tertiary/aromatic N) is 2. The van der Waals surface area contributed by atoms with E-state index in [4.69, 9.17) is 11.6 Å². The zero-order chi connectivity index (χ0) is 14.0. The molecule has 1 aromatic rings. The average molecular weight is 282 g/mol. The molecular formula is C15H24ClN3. The molecule has 0 saturated heterocycles. The molecule has 0 bridgehead atoms. The van der Waals surface area contributed by atoms with Gasteiger partial charge >= 0.3 is 0 Å². The van der Waals surface area contributed by atoms with Crippen LogP contribution in [0.25, 0.3) is 0 Å². The maximum absolute atomic E-state index is 6.23. The number of halogens is 1. The highest BCUT2D eigenvalue weighted by Gasteiger charge is 2.28. The lowest BCUT2D eigenvalue weighted by Crippen LogP contribution is -2.26. The number of nitrogens with one attached hydrogen (secondary N) is 1. The monoisotopic (exact) mass is 281 g/mol. The first kappa shape index (κ1) is 14.6. The van der Waals surface area contributed by atoms with Crippen molar-refractivity contribution in [3.8, 4) is 0 Å². The molecule has 19 heavy (non-hydrogen) atoms. The van der Waals surface area contributed by atoms with E-state index in [1.165, 1.54) is 25.7 Å². The Morgan fingerprint density at radius 3 is 2.42 bits per heavy atom. The Morgan fingerprint density at radius 1 is 1.26 bits per heavy atom. The summed E-state index contributed by atoms with van der Waals surface area (Å²) in [5, 5.41) is 4.13. The van der Waals surface area contributed by atoms with Crippen LogP contribution in [0.3, 0.4) is 0 Å². The summed E-state index contributed by atoms with van der Waals surface area (Å²) in [6.45, 7) is 8.69. The minimum atomic E-state index is 0.409. The van der Waals surface area contributed by atoms with Crippen molar-refractivity contribution in [3.63, 3.8) is 0 Å². The number of aromatic nitrogens is 2. The average Bonchev–Trinajstić information content (AvgIpc) is 3.20. The molecule has 1 saturated carbocycles. The van der Waals surface area contributed by atoms with Gasteiger partial charge < -0.3 is 5.32 Å². The van der Waals surface area contributed by atoms with Gasteiger partial charge in [0.05, 0.1) is 0 Å². The Hall–Kier alpha value is -0.830. The van der Waals surface area contributed by atoms with Gasteiger partial charge in [0, 0.05) is 17.5 Å². The van der Waals surface area contributed by atoms with Gasteiger partial charge in [-0.15, -0.1) is 0 Å². The lowest BCUT2D eigenvalue weighted by molar-refractivity contribution is 0.436. The Kier molecular flexibility index (Phi) is 4.67. The topological polar surface area (TPSA) is 37.8 Å². The van der Waals surface area contributed by atoms with Crippen LogP contribution in [0.15, 0.2) is 0 Å². The van der Waals surface area contributed by atoms with Crippen LogP contribution in [0.2, 0.25) is 5.15 Å². The minimum Gasteiger partial charge on any atom is -0.367 e. The third kappa shape index (κ3) is 3.38. The van der Waals surface area contributed by atoms with Gasteiger partial charge in [-0.05, 0) is 32.6 Å². The fourth-order valence-corrected chi connectivity index (χ4v) is 2.68. The van der Waals surface area contributed by atoms with Crippen LogP contribution in [0.5, 0.6) is 0 Å². The zero-order valence-electron chi connectivity index (χ0n) is 12.3. The van der Waals surface area contributed by atoms with Crippen molar-refractivity contribution in [3.05, 3.63) is 16.5 Å². The van der Waals surface area contributed by atoms with Crippen molar-refractivity contribution >= 4 is 17.4 Å². The van der Waals surface area contributed by atoms with Crippen molar-refractivity contribution in [2.24, 2.45) is 5.92 Å². The maximum Gasteiger partial charge on any atom is 0.137 e. The molecule has 1 aromatic heterocycles. The Morgan fingerprint density at radius 2 is 1.89 bits per heavy atom. The Bertz CT molecular complexity index is 439. The number of anilines is 1. The molecule has 4 heteroatoms. The number of hydrogen-bond acceptors (Lipinski definition) is 3. The van der Waals surface area contributed by atoms with Crippen molar-refractivity contribution in [2.75, 3.05) is 5.32 Å². The lowest BCUT2D eigenvalue weighted by atomic mass is 9.95.